The Morgan fingerprint density at radius 2 is 1.95 bits per heavy atom. The molecule has 1 atom stereocenters. The fourth-order valence-corrected chi connectivity index (χ4v) is 4.68. The van der Waals surface area contributed by atoms with Gasteiger partial charge in [0, 0.05) is 10.6 Å². The van der Waals surface area contributed by atoms with Gasteiger partial charge in [-0.05, 0) is 36.1 Å². The van der Waals surface area contributed by atoms with Crippen LogP contribution in [0.1, 0.15) is 11.6 Å². The van der Waals surface area contributed by atoms with Crippen LogP contribution < -0.4 is 5.32 Å². The third-order valence-corrected chi connectivity index (χ3v) is 5.97. The number of anilines is 1. The average molecular weight is 305 g/mol. The minimum Gasteiger partial charge on any atom is -0.377 e. The van der Waals surface area contributed by atoms with Gasteiger partial charge >= 0.3 is 0 Å². The van der Waals surface area contributed by atoms with Gasteiger partial charge in [0.05, 0.1) is 16.7 Å². The van der Waals surface area contributed by atoms with E-state index in [1.165, 1.54) is 0 Å². The number of hydrogen-bond acceptors (Lipinski definition) is 4. The van der Waals surface area contributed by atoms with Crippen LogP contribution in [0.5, 0.6) is 0 Å². The molecule has 104 valence electrons. The van der Waals surface area contributed by atoms with E-state index in [0.717, 1.165) is 16.1 Å². The lowest BCUT2D eigenvalue weighted by Gasteiger charge is -2.14. The Kier molecular flexibility index (Phi) is 3.48. The number of nitrogens with one attached hydrogen (secondary N) is 1. The van der Waals surface area contributed by atoms with E-state index in [1.54, 1.807) is 23.9 Å². The van der Waals surface area contributed by atoms with Crippen LogP contribution in [-0.2, 0) is 9.84 Å². The van der Waals surface area contributed by atoms with E-state index in [-0.39, 0.29) is 11.8 Å². The molecular formula is C15H15NO2S2. The van der Waals surface area contributed by atoms with Crippen molar-refractivity contribution in [3.8, 4) is 0 Å². The molecule has 0 saturated heterocycles. The van der Waals surface area contributed by atoms with Crippen LogP contribution in [0.25, 0.3) is 0 Å². The number of hydrogen-bond donors (Lipinski definition) is 1. The van der Waals surface area contributed by atoms with Gasteiger partial charge in [0.2, 0.25) is 0 Å². The minimum absolute atomic E-state index is 0.121. The Bertz CT molecular complexity index is 741. The predicted octanol–water partition coefficient (Wildman–Crippen LogP) is 3.35. The molecule has 0 spiro atoms. The molecule has 3 rings (SSSR count). The van der Waals surface area contributed by atoms with Crippen LogP contribution in [0.2, 0.25) is 0 Å². The molecule has 0 saturated carbocycles. The fourth-order valence-electron chi connectivity index (χ4n) is 2.48. The molecular weight excluding hydrogens is 290 g/mol. The molecule has 20 heavy (non-hydrogen) atoms. The Balaban J connectivity index is 1.93. The molecule has 5 heteroatoms. The van der Waals surface area contributed by atoms with Crippen LogP contribution in [0.15, 0.2) is 58.3 Å². The van der Waals surface area contributed by atoms with Gasteiger partial charge in [-0.1, -0.05) is 24.3 Å². The SMILES string of the molecule is CSc1cccc(NC2CS(=O)(=O)c3ccccc32)c1. The molecule has 3 nitrogen and oxygen atoms in total. The minimum atomic E-state index is -3.16. The van der Waals surface area contributed by atoms with Crippen molar-refractivity contribution in [2.75, 3.05) is 17.3 Å². The third-order valence-electron chi connectivity index (χ3n) is 3.43. The molecule has 1 aliphatic heterocycles. The van der Waals surface area contributed by atoms with Gasteiger partial charge in [-0.3, -0.25) is 0 Å². The second-order valence-corrected chi connectivity index (χ2v) is 7.63. The first-order chi connectivity index (χ1) is 9.60. The molecule has 0 radical (unpaired) electrons. The van der Waals surface area contributed by atoms with Gasteiger partial charge in [-0.2, -0.15) is 0 Å². The van der Waals surface area contributed by atoms with Crippen molar-refractivity contribution < 1.29 is 8.42 Å². The maximum Gasteiger partial charge on any atom is 0.181 e. The van der Waals surface area contributed by atoms with Crippen molar-refractivity contribution in [2.24, 2.45) is 0 Å². The highest BCUT2D eigenvalue weighted by molar-refractivity contribution is 7.98. The first kappa shape index (κ1) is 13.5. The lowest BCUT2D eigenvalue weighted by molar-refractivity contribution is 0.598. The average Bonchev–Trinajstić information content (AvgIpc) is 2.71. The van der Waals surface area contributed by atoms with E-state index in [2.05, 4.69) is 5.32 Å². The van der Waals surface area contributed by atoms with Crippen molar-refractivity contribution in [3.63, 3.8) is 0 Å². The fraction of sp³-hybridized carbons (Fsp3) is 0.200. The zero-order chi connectivity index (χ0) is 14.2. The number of benzene rings is 2. The highest BCUT2D eigenvalue weighted by Crippen LogP contribution is 2.35. The predicted molar refractivity (Wildman–Crippen MR) is 83.1 cm³/mol. The second-order valence-electron chi connectivity index (χ2n) is 4.75. The van der Waals surface area contributed by atoms with E-state index in [4.69, 9.17) is 0 Å². The molecule has 0 amide bonds. The highest BCUT2D eigenvalue weighted by Gasteiger charge is 2.34. The summed E-state index contributed by atoms with van der Waals surface area (Å²) in [5.41, 5.74) is 1.82. The number of fused-ring (bicyclic) bond motifs is 1. The summed E-state index contributed by atoms with van der Waals surface area (Å²) < 4.78 is 24.3. The van der Waals surface area contributed by atoms with Crippen LogP contribution in [0.3, 0.4) is 0 Å². The Morgan fingerprint density at radius 3 is 2.75 bits per heavy atom. The molecule has 2 aromatic carbocycles. The number of sulfone groups is 1. The zero-order valence-electron chi connectivity index (χ0n) is 11.0. The topological polar surface area (TPSA) is 46.2 Å². The molecule has 0 aromatic heterocycles. The summed E-state index contributed by atoms with van der Waals surface area (Å²) in [5, 5.41) is 3.33. The van der Waals surface area contributed by atoms with Gasteiger partial charge in [-0.25, -0.2) is 8.42 Å². The molecule has 1 aliphatic rings. The number of rotatable bonds is 3. The lowest BCUT2D eigenvalue weighted by atomic mass is 10.1. The lowest BCUT2D eigenvalue weighted by Crippen LogP contribution is -2.12. The van der Waals surface area contributed by atoms with E-state index >= 15 is 0 Å². The van der Waals surface area contributed by atoms with E-state index < -0.39 is 9.84 Å². The van der Waals surface area contributed by atoms with E-state index in [1.807, 2.05) is 42.7 Å². The summed E-state index contributed by atoms with van der Waals surface area (Å²) in [4.78, 5) is 1.61. The van der Waals surface area contributed by atoms with Gasteiger partial charge < -0.3 is 5.32 Å². The first-order valence-corrected chi connectivity index (χ1v) is 9.20. The largest absolute Gasteiger partial charge is 0.377 e. The molecule has 2 aromatic rings. The van der Waals surface area contributed by atoms with Crippen molar-refractivity contribution in [1.29, 1.82) is 0 Å². The normalized spacial score (nSPS) is 19.6. The smallest absolute Gasteiger partial charge is 0.181 e. The standard InChI is InChI=1S/C15H15NO2S2/c1-19-12-6-4-5-11(9-12)16-14-10-20(17,18)15-8-3-2-7-13(14)15/h2-9,14,16H,10H2,1H3. The zero-order valence-corrected chi connectivity index (χ0v) is 12.7. The van der Waals surface area contributed by atoms with Crippen molar-refractivity contribution >= 4 is 27.3 Å². The van der Waals surface area contributed by atoms with Gasteiger partial charge in [0.15, 0.2) is 9.84 Å². The molecule has 0 aliphatic carbocycles. The highest BCUT2D eigenvalue weighted by atomic mass is 32.2. The maximum absolute atomic E-state index is 12.1. The van der Waals surface area contributed by atoms with Crippen molar-refractivity contribution in [2.45, 2.75) is 15.8 Å². The first-order valence-electron chi connectivity index (χ1n) is 6.32. The molecule has 1 heterocycles. The Hall–Kier alpha value is -1.46. The summed E-state index contributed by atoms with van der Waals surface area (Å²) >= 11 is 1.67. The molecule has 0 fully saturated rings. The van der Waals surface area contributed by atoms with Crippen molar-refractivity contribution in [1.82, 2.24) is 0 Å². The summed E-state index contributed by atoms with van der Waals surface area (Å²) in [6.45, 7) is 0. The second kappa shape index (κ2) is 5.14. The Labute approximate surface area is 123 Å². The van der Waals surface area contributed by atoms with Gasteiger partial charge in [0.1, 0.15) is 0 Å². The van der Waals surface area contributed by atoms with Crippen LogP contribution in [0, 0.1) is 0 Å². The monoisotopic (exact) mass is 305 g/mol. The van der Waals surface area contributed by atoms with Gasteiger partial charge in [0.25, 0.3) is 0 Å². The van der Waals surface area contributed by atoms with Crippen molar-refractivity contribution in [3.05, 3.63) is 54.1 Å². The van der Waals surface area contributed by atoms with Crippen LogP contribution >= 0.6 is 11.8 Å². The Morgan fingerprint density at radius 1 is 1.15 bits per heavy atom. The van der Waals surface area contributed by atoms with Crippen LogP contribution in [-0.4, -0.2) is 20.4 Å². The number of thioether (sulfide) groups is 1. The summed E-state index contributed by atoms with van der Waals surface area (Å²) in [7, 11) is -3.16. The van der Waals surface area contributed by atoms with E-state index in [0.29, 0.717) is 4.90 Å². The summed E-state index contributed by atoms with van der Waals surface area (Å²) in [6, 6.07) is 15.1. The van der Waals surface area contributed by atoms with Gasteiger partial charge in [-0.15, -0.1) is 11.8 Å². The molecule has 1 unspecified atom stereocenters. The maximum atomic E-state index is 12.1. The summed E-state index contributed by atoms with van der Waals surface area (Å²) in [6.07, 6.45) is 2.02. The third kappa shape index (κ3) is 2.43. The van der Waals surface area contributed by atoms with Crippen LogP contribution in [0.4, 0.5) is 5.69 Å². The molecule has 1 N–H and O–H groups in total. The quantitative estimate of drug-likeness (QED) is 0.883. The van der Waals surface area contributed by atoms with E-state index in [9.17, 15) is 8.42 Å². The summed E-state index contributed by atoms with van der Waals surface area (Å²) in [5.74, 6) is 0.121. The molecule has 0 bridgehead atoms.